The van der Waals surface area contributed by atoms with E-state index < -0.39 is 0 Å². The molecule has 0 aliphatic carbocycles. The van der Waals surface area contributed by atoms with Gasteiger partial charge < -0.3 is 10.2 Å². The number of piperidine rings is 1. The fraction of sp³-hybridized carbons (Fsp3) is 0.467. The molecule has 0 spiro atoms. The van der Waals surface area contributed by atoms with Crippen molar-refractivity contribution in [3.63, 3.8) is 0 Å². The Morgan fingerprint density at radius 3 is 2.85 bits per heavy atom. The fourth-order valence-corrected chi connectivity index (χ4v) is 2.26. The summed E-state index contributed by atoms with van der Waals surface area (Å²) < 4.78 is 4.94. The summed E-state index contributed by atoms with van der Waals surface area (Å²) in [4.78, 5) is 11.5. The van der Waals surface area contributed by atoms with Crippen LogP contribution in [0.2, 0.25) is 0 Å². The maximum absolute atomic E-state index is 11.5. The molecule has 1 heterocycles. The average Bonchev–Trinajstić information content (AvgIpc) is 2.49. The highest BCUT2D eigenvalue weighted by Crippen LogP contribution is 2.19. The lowest BCUT2D eigenvalue weighted by atomic mass is 10.1. The summed E-state index contributed by atoms with van der Waals surface area (Å²) in [6.07, 6.45) is 3.08. The Balaban J connectivity index is 2.00. The van der Waals surface area contributed by atoms with E-state index in [2.05, 4.69) is 11.5 Å². The van der Waals surface area contributed by atoms with Gasteiger partial charge in [0.15, 0.2) is 0 Å². The molecule has 1 aliphatic heterocycles. The fourth-order valence-electron chi connectivity index (χ4n) is 2.26. The van der Waals surface area contributed by atoms with Crippen LogP contribution in [0.4, 0.5) is 5.69 Å². The van der Waals surface area contributed by atoms with Crippen molar-refractivity contribution in [3.05, 3.63) is 29.8 Å². The minimum Gasteiger partial charge on any atom is -0.462 e. The molecule has 106 valence electrons. The van der Waals surface area contributed by atoms with E-state index in [0.717, 1.165) is 31.5 Å². The van der Waals surface area contributed by atoms with E-state index in [1.165, 1.54) is 0 Å². The van der Waals surface area contributed by atoms with E-state index in [1.54, 1.807) is 19.1 Å². The molecule has 0 radical (unpaired) electrons. The molecule has 0 aromatic heterocycles. The zero-order chi connectivity index (χ0) is 14.4. The van der Waals surface area contributed by atoms with Gasteiger partial charge in [0.05, 0.1) is 18.2 Å². The molecule has 1 unspecified atom stereocenters. The van der Waals surface area contributed by atoms with Crippen molar-refractivity contribution in [3.8, 4) is 6.07 Å². The third-order valence-corrected chi connectivity index (χ3v) is 3.32. The van der Waals surface area contributed by atoms with Crippen LogP contribution in [0.3, 0.4) is 0 Å². The lowest BCUT2D eigenvalue weighted by Crippen LogP contribution is -2.42. The molecule has 5 heteroatoms. The number of hydrogen-bond acceptors (Lipinski definition) is 5. The molecular weight excluding hydrogens is 254 g/mol. The van der Waals surface area contributed by atoms with Gasteiger partial charge in [0.1, 0.15) is 6.04 Å². The van der Waals surface area contributed by atoms with Crippen LogP contribution < -0.4 is 5.43 Å². The number of carbonyl (C=O) groups excluding carboxylic acids is 1. The number of nitriles is 1. The molecule has 0 saturated carbocycles. The standard InChI is InChI=1S/C15H19N3O2/c1-2-20-15(19)12-6-8-13(9-7-12)17-18-10-4-3-5-14(18)11-16/h6-9,14,17H,2-5,10H2,1H3. The topological polar surface area (TPSA) is 65.4 Å². The van der Waals surface area contributed by atoms with Gasteiger partial charge in [-0.1, -0.05) is 0 Å². The average molecular weight is 273 g/mol. The van der Waals surface area contributed by atoms with E-state index in [0.29, 0.717) is 12.2 Å². The summed E-state index contributed by atoms with van der Waals surface area (Å²) in [5, 5.41) is 11.1. The third kappa shape index (κ3) is 3.49. The molecule has 1 atom stereocenters. The summed E-state index contributed by atoms with van der Waals surface area (Å²) in [6.45, 7) is 3.01. The first-order valence-corrected chi connectivity index (χ1v) is 6.94. The van der Waals surface area contributed by atoms with Gasteiger partial charge in [-0.25, -0.2) is 9.80 Å². The Morgan fingerprint density at radius 1 is 1.45 bits per heavy atom. The lowest BCUT2D eigenvalue weighted by molar-refractivity contribution is 0.0526. The molecule has 20 heavy (non-hydrogen) atoms. The molecule has 1 aliphatic rings. The van der Waals surface area contributed by atoms with Crippen LogP contribution in [0, 0.1) is 11.3 Å². The van der Waals surface area contributed by atoms with Crippen LogP contribution in [-0.4, -0.2) is 30.2 Å². The maximum Gasteiger partial charge on any atom is 0.338 e. The Morgan fingerprint density at radius 2 is 2.20 bits per heavy atom. The number of hydrogen-bond donors (Lipinski definition) is 1. The summed E-state index contributed by atoms with van der Waals surface area (Å²) in [5.41, 5.74) is 4.65. The highest BCUT2D eigenvalue weighted by Gasteiger charge is 2.21. The predicted octanol–water partition coefficient (Wildman–Crippen LogP) is 2.57. The van der Waals surface area contributed by atoms with Gasteiger partial charge in [0.2, 0.25) is 0 Å². The normalized spacial score (nSPS) is 19.1. The number of benzene rings is 1. The second kappa shape index (κ2) is 6.92. The first-order valence-electron chi connectivity index (χ1n) is 6.94. The van der Waals surface area contributed by atoms with Crippen LogP contribution in [0.15, 0.2) is 24.3 Å². The number of esters is 1. The highest BCUT2D eigenvalue weighted by molar-refractivity contribution is 5.89. The van der Waals surface area contributed by atoms with Crippen molar-refractivity contribution in [2.45, 2.75) is 32.2 Å². The zero-order valence-corrected chi connectivity index (χ0v) is 11.6. The molecule has 0 bridgehead atoms. The third-order valence-electron chi connectivity index (χ3n) is 3.32. The summed E-state index contributed by atoms with van der Waals surface area (Å²) in [7, 11) is 0. The predicted molar refractivity (Wildman–Crippen MR) is 76.0 cm³/mol. The van der Waals surface area contributed by atoms with Crippen molar-refractivity contribution in [1.82, 2.24) is 5.01 Å². The van der Waals surface area contributed by atoms with Gasteiger partial charge in [0.25, 0.3) is 0 Å². The van der Waals surface area contributed by atoms with Crippen LogP contribution in [-0.2, 0) is 4.74 Å². The number of carbonyl (C=O) groups is 1. The largest absolute Gasteiger partial charge is 0.462 e. The van der Waals surface area contributed by atoms with Gasteiger partial charge in [-0.15, -0.1) is 0 Å². The van der Waals surface area contributed by atoms with Crippen molar-refractivity contribution >= 4 is 11.7 Å². The second-order valence-corrected chi connectivity index (χ2v) is 4.74. The van der Waals surface area contributed by atoms with Gasteiger partial charge >= 0.3 is 5.97 Å². The maximum atomic E-state index is 11.5. The number of rotatable bonds is 4. The van der Waals surface area contributed by atoms with E-state index in [-0.39, 0.29) is 12.0 Å². The summed E-state index contributed by atoms with van der Waals surface area (Å²) in [6, 6.07) is 9.33. The van der Waals surface area contributed by atoms with E-state index in [1.807, 2.05) is 17.1 Å². The minimum absolute atomic E-state index is 0.0894. The second-order valence-electron chi connectivity index (χ2n) is 4.74. The molecule has 1 aromatic carbocycles. The Hall–Kier alpha value is -2.06. The van der Waals surface area contributed by atoms with Crippen LogP contribution in [0.5, 0.6) is 0 Å². The van der Waals surface area contributed by atoms with Crippen LogP contribution in [0.25, 0.3) is 0 Å². The number of ether oxygens (including phenoxy) is 1. The quantitative estimate of drug-likeness (QED) is 0.854. The Bertz CT molecular complexity index is 493. The first-order chi connectivity index (χ1) is 9.74. The van der Waals surface area contributed by atoms with Gasteiger partial charge in [-0.05, 0) is 50.5 Å². The van der Waals surface area contributed by atoms with Crippen LogP contribution >= 0.6 is 0 Å². The molecule has 1 N–H and O–H groups in total. The number of hydrazine groups is 1. The Kier molecular flexibility index (Phi) is 4.97. The summed E-state index contributed by atoms with van der Waals surface area (Å²) in [5.74, 6) is -0.313. The molecule has 1 aromatic rings. The molecule has 2 rings (SSSR count). The number of nitrogens with zero attached hydrogens (tertiary/aromatic N) is 2. The highest BCUT2D eigenvalue weighted by atomic mass is 16.5. The smallest absolute Gasteiger partial charge is 0.338 e. The molecule has 0 amide bonds. The first kappa shape index (κ1) is 14.4. The minimum atomic E-state index is -0.313. The van der Waals surface area contributed by atoms with Crippen molar-refractivity contribution in [2.24, 2.45) is 0 Å². The molecule has 5 nitrogen and oxygen atoms in total. The van der Waals surface area contributed by atoms with E-state index >= 15 is 0 Å². The van der Waals surface area contributed by atoms with Gasteiger partial charge in [-0.3, -0.25) is 0 Å². The van der Waals surface area contributed by atoms with E-state index in [4.69, 9.17) is 10.00 Å². The lowest BCUT2D eigenvalue weighted by Gasteiger charge is -2.32. The van der Waals surface area contributed by atoms with Gasteiger partial charge in [-0.2, -0.15) is 5.26 Å². The monoisotopic (exact) mass is 273 g/mol. The summed E-state index contributed by atoms with van der Waals surface area (Å²) >= 11 is 0. The zero-order valence-electron chi connectivity index (χ0n) is 11.6. The SMILES string of the molecule is CCOC(=O)c1ccc(NN2CCCCC2C#N)cc1. The van der Waals surface area contributed by atoms with Crippen molar-refractivity contribution in [1.29, 1.82) is 5.26 Å². The molecule has 1 fully saturated rings. The Labute approximate surface area is 119 Å². The number of nitrogens with one attached hydrogen (secondary N) is 1. The van der Waals surface area contributed by atoms with Gasteiger partial charge in [0, 0.05) is 12.2 Å². The van der Waals surface area contributed by atoms with E-state index in [9.17, 15) is 4.79 Å². The number of anilines is 1. The molecule has 1 saturated heterocycles. The van der Waals surface area contributed by atoms with Crippen molar-refractivity contribution < 1.29 is 9.53 Å². The van der Waals surface area contributed by atoms with Crippen LogP contribution in [0.1, 0.15) is 36.5 Å². The molecular formula is C15H19N3O2. The van der Waals surface area contributed by atoms with Crippen molar-refractivity contribution in [2.75, 3.05) is 18.6 Å².